The Morgan fingerprint density at radius 2 is 2.33 bits per heavy atom. The van der Waals surface area contributed by atoms with E-state index in [9.17, 15) is 4.79 Å². The number of hydrogen-bond acceptors (Lipinski definition) is 4. The van der Waals surface area contributed by atoms with Crippen LogP contribution in [0, 0.1) is 0 Å². The van der Waals surface area contributed by atoms with Crippen molar-refractivity contribution < 1.29 is 9.90 Å². The van der Waals surface area contributed by atoms with Gasteiger partial charge in [-0.2, -0.15) is 0 Å². The van der Waals surface area contributed by atoms with Crippen molar-refractivity contribution in [3.05, 3.63) is 28.0 Å². The summed E-state index contributed by atoms with van der Waals surface area (Å²) in [5.74, 6) is -0.833. The van der Waals surface area contributed by atoms with Crippen LogP contribution < -0.4 is 5.32 Å². The molecule has 1 unspecified atom stereocenters. The van der Waals surface area contributed by atoms with E-state index in [1.807, 2.05) is 4.90 Å². The molecule has 5 nitrogen and oxygen atoms in total. The summed E-state index contributed by atoms with van der Waals surface area (Å²) < 4.78 is 0. The Morgan fingerprint density at radius 3 is 3.00 bits per heavy atom. The number of piperazine rings is 1. The summed E-state index contributed by atoms with van der Waals surface area (Å²) in [5.41, 5.74) is 0.786. The topological polar surface area (TPSA) is 65.5 Å². The van der Waals surface area contributed by atoms with Gasteiger partial charge < -0.3 is 10.4 Å². The van der Waals surface area contributed by atoms with E-state index in [0.29, 0.717) is 29.9 Å². The normalized spacial score (nSPS) is 20.9. The fraction of sp³-hybridized carbons (Fsp3) is 0.455. The average molecular weight is 290 g/mol. The highest BCUT2D eigenvalue weighted by Gasteiger charge is 2.28. The van der Waals surface area contributed by atoms with Crippen molar-refractivity contribution in [1.82, 2.24) is 15.2 Å². The number of nitrogens with zero attached hydrogens (tertiary/aromatic N) is 2. The zero-order chi connectivity index (χ0) is 13.1. The lowest BCUT2D eigenvalue weighted by Gasteiger charge is -2.33. The maximum absolute atomic E-state index is 11.1. The predicted molar refractivity (Wildman–Crippen MR) is 69.0 cm³/mol. The molecule has 0 radical (unpaired) electrons. The van der Waals surface area contributed by atoms with Crippen LogP contribution in [-0.2, 0) is 11.3 Å². The van der Waals surface area contributed by atoms with Crippen molar-refractivity contribution in [2.45, 2.75) is 12.6 Å². The van der Waals surface area contributed by atoms with E-state index in [4.69, 9.17) is 28.3 Å². The number of rotatable bonds is 3. The van der Waals surface area contributed by atoms with Crippen LogP contribution in [-0.4, -0.2) is 46.6 Å². The maximum atomic E-state index is 11.1. The lowest BCUT2D eigenvalue weighted by Crippen LogP contribution is -2.54. The highest BCUT2D eigenvalue weighted by Crippen LogP contribution is 2.19. The number of carbonyl (C=O) groups is 1. The van der Waals surface area contributed by atoms with Gasteiger partial charge in [0.25, 0.3) is 0 Å². The van der Waals surface area contributed by atoms with E-state index < -0.39 is 12.0 Å². The number of aliphatic carboxylic acids is 1. The van der Waals surface area contributed by atoms with Crippen LogP contribution in [0.1, 0.15) is 5.56 Å². The van der Waals surface area contributed by atoms with Gasteiger partial charge in [0, 0.05) is 31.7 Å². The Balaban J connectivity index is 2.13. The van der Waals surface area contributed by atoms with Gasteiger partial charge in [-0.15, -0.1) is 0 Å². The van der Waals surface area contributed by atoms with Crippen molar-refractivity contribution >= 4 is 29.2 Å². The Bertz CT molecular complexity index is 456. The Kier molecular flexibility index (Phi) is 4.40. The van der Waals surface area contributed by atoms with Gasteiger partial charge in [0.2, 0.25) is 0 Å². The summed E-state index contributed by atoms with van der Waals surface area (Å²) >= 11 is 11.7. The fourth-order valence-corrected chi connectivity index (χ4v) is 2.36. The molecule has 0 saturated carbocycles. The first-order valence-electron chi connectivity index (χ1n) is 5.56. The van der Waals surface area contributed by atoms with E-state index in [0.717, 1.165) is 12.1 Å². The molecule has 18 heavy (non-hydrogen) atoms. The monoisotopic (exact) mass is 289 g/mol. The summed E-state index contributed by atoms with van der Waals surface area (Å²) in [7, 11) is 0. The minimum atomic E-state index is -0.833. The molecule has 2 N–H and O–H groups in total. The van der Waals surface area contributed by atoms with E-state index in [2.05, 4.69) is 10.3 Å². The molecule has 1 aliphatic heterocycles. The molecular weight excluding hydrogens is 277 g/mol. The molecule has 1 aromatic heterocycles. The lowest BCUT2D eigenvalue weighted by atomic mass is 10.1. The third-order valence-electron chi connectivity index (χ3n) is 2.90. The van der Waals surface area contributed by atoms with Gasteiger partial charge in [-0.1, -0.05) is 29.3 Å². The molecule has 1 saturated heterocycles. The van der Waals surface area contributed by atoms with Crippen molar-refractivity contribution in [3.63, 3.8) is 0 Å². The van der Waals surface area contributed by atoms with Crippen LogP contribution in [0.4, 0.5) is 0 Å². The molecule has 1 aliphatic rings. The van der Waals surface area contributed by atoms with E-state index in [1.165, 1.54) is 0 Å². The number of hydrogen-bond donors (Lipinski definition) is 2. The Hall–Kier alpha value is -0.880. The Morgan fingerprint density at radius 1 is 1.56 bits per heavy atom. The SMILES string of the molecule is O=C(O)C1CNCCN1Cc1ccc(Cl)nc1Cl. The minimum Gasteiger partial charge on any atom is -0.480 e. The van der Waals surface area contributed by atoms with Crippen molar-refractivity contribution in [1.29, 1.82) is 0 Å². The van der Waals surface area contributed by atoms with Crippen molar-refractivity contribution in [3.8, 4) is 0 Å². The summed E-state index contributed by atoms with van der Waals surface area (Å²) in [5, 5.41) is 12.9. The summed E-state index contributed by atoms with van der Waals surface area (Å²) in [6.07, 6.45) is 0. The molecule has 1 aromatic rings. The lowest BCUT2D eigenvalue weighted by molar-refractivity contribution is -0.144. The second-order valence-corrected chi connectivity index (χ2v) is 4.86. The molecule has 0 bridgehead atoms. The molecule has 2 heterocycles. The third kappa shape index (κ3) is 3.11. The second kappa shape index (κ2) is 5.84. The minimum absolute atomic E-state index is 0.324. The summed E-state index contributed by atoms with van der Waals surface area (Å²) in [6.45, 7) is 2.33. The highest BCUT2D eigenvalue weighted by atomic mass is 35.5. The van der Waals surface area contributed by atoms with Crippen LogP contribution in [0.15, 0.2) is 12.1 Å². The van der Waals surface area contributed by atoms with Crippen molar-refractivity contribution in [2.24, 2.45) is 0 Å². The molecule has 0 spiro atoms. The number of pyridine rings is 1. The smallest absolute Gasteiger partial charge is 0.322 e. The molecule has 1 atom stereocenters. The van der Waals surface area contributed by atoms with Crippen LogP contribution in [0.5, 0.6) is 0 Å². The molecule has 0 amide bonds. The number of aromatic nitrogens is 1. The number of carboxylic acids is 1. The first-order valence-corrected chi connectivity index (χ1v) is 6.32. The molecule has 1 fully saturated rings. The number of nitrogens with one attached hydrogen (secondary N) is 1. The summed E-state index contributed by atoms with van der Waals surface area (Å²) in [4.78, 5) is 17.0. The van der Waals surface area contributed by atoms with Gasteiger partial charge in [0.15, 0.2) is 0 Å². The average Bonchev–Trinajstić information content (AvgIpc) is 2.33. The van der Waals surface area contributed by atoms with Crippen LogP contribution >= 0.6 is 23.2 Å². The van der Waals surface area contributed by atoms with Crippen LogP contribution in [0.25, 0.3) is 0 Å². The van der Waals surface area contributed by atoms with Gasteiger partial charge in [-0.3, -0.25) is 9.69 Å². The Labute approximate surface area is 115 Å². The van der Waals surface area contributed by atoms with Crippen molar-refractivity contribution in [2.75, 3.05) is 19.6 Å². The highest BCUT2D eigenvalue weighted by molar-refractivity contribution is 6.32. The number of halogens is 2. The quantitative estimate of drug-likeness (QED) is 0.820. The van der Waals surface area contributed by atoms with Gasteiger partial charge in [-0.05, 0) is 6.07 Å². The predicted octanol–water partition coefficient (Wildman–Crippen LogP) is 1.25. The van der Waals surface area contributed by atoms with Gasteiger partial charge in [0.05, 0.1) is 0 Å². The summed E-state index contributed by atoms with van der Waals surface area (Å²) in [6, 6.07) is 2.89. The molecule has 2 rings (SSSR count). The molecule has 0 aromatic carbocycles. The number of carboxylic acid groups (broad SMARTS) is 1. The first-order chi connectivity index (χ1) is 8.58. The standard InChI is InChI=1S/C11H13Cl2N3O2/c12-9-2-1-7(10(13)15-9)6-16-4-3-14-5-8(16)11(17)18/h1-2,8,14H,3-6H2,(H,17,18). The van der Waals surface area contributed by atoms with Gasteiger partial charge >= 0.3 is 5.97 Å². The van der Waals surface area contributed by atoms with Crippen LogP contribution in [0.3, 0.4) is 0 Å². The third-order valence-corrected chi connectivity index (χ3v) is 3.44. The van der Waals surface area contributed by atoms with Crippen LogP contribution in [0.2, 0.25) is 10.3 Å². The van der Waals surface area contributed by atoms with E-state index in [-0.39, 0.29) is 0 Å². The molecule has 0 aliphatic carbocycles. The molecule has 98 valence electrons. The fourth-order valence-electron chi connectivity index (χ4n) is 1.96. The second-order valence-electron chi connectivity index (χ2n) is 4.11. The van der Waals surface area contributed by atoms with Gasteiger partial charge in [0.1, 0.15) is 16.3 Å². The van der Waals surface area contributed by atoms with E-state index in [1.54, 1.807) is 12.1 Å². The zero-order valence-corrected chi connectivity index (χ0v) is 11.1. The molecular formula is C11H13Cl2N3O2. The first kappa shape index (κ1) is 13.5. The van der Waals surface area contributed by atoms with E-state index >= 15 is 0 Å². The molecule has 7 heteroatoms. The zero-order valence-electron chi connectivity index (χ0n) is 9.57. The maximum Gasteiger partial charge on any atom is 0.322 e. The van der Waals surface area contributed by atoms with Gasteiger partial charge in [-0.25, -0.2) is 4.98 Å². The largest absolute Gasteiger partial charge is 0.480 e.